The predicted octanol–water partition coefficient (Wildman–Crippen LogP) is 2.52. The van der Waals surface area contributed by atoms with Gasteiger partial charge < -0.3 is 5.11 Å². The summed E-state index contributed by atoms with van der Waals surface area (Å²) in [4.78, 5) is 3.58. The number of aliphatic hydroxyl groups excluding tert-OH is 1. The molecular weight excluding hydrogens is 212 g/mol. The van der Waals surface area contributed by atoms with Crippen molar-refractivity contribution in [2.24, 2.45) is 0 Å². The Balaban J connectivity index is 2.44. The Bertz CT molecular complexity index is 497. The number of benzene rings is 1. The zero-order valence-corrected chi connectivity index (χ0v) is 8.32. The number of hydrogen-bond donors (Lipinski definition) is 1. The van der Waals surface area contributed by atoms with Crippen LogP contribution in [0.5, 0.6) is 0 Å². The summed E-state index contributed by atoms with van der Waals surface area (Å²) in [6.45, 7) is -0.305. The monoisotopic (exact) mass is 221 g/mol. The molecule has 1 aromatic carbocycles. The van der Waals surface area contributed by atoms with Crippen LogP contribution in [0.25, 0.3) is 11.1 Å². The van der Waals surface area contributed by atoms with Gasteiger partial charge in [0.1, 0.15) is 5.82 Å². The van der Waals surface area contributed by atoms with Crippen molar-refractivity contribution in [3.05, 3.63) is 53.9 Å². The molecular formula is C12H9F2NO. The summed E-state index contributed by atoms with van der Waals surface area (Å²) in [6, 6.07) is 8.52. The van der Waals surface area contributed by atoms with E-state index in [-0.39, 0.29) is 23.7 Å². The molecule has 0 saturated carbocycles. The number of rotatable bonds is 2. The highest BCUT2D eigenvalue weighted by Crippen LogP contribution is 2.22. The van der Waals surface area contributed by atoms with Crippen molar-refractivity contribution in [3.8, 4) is 11.1 Å². The zero-order chi connectivity index (χ0) is 11.5. The zero-order valence-electron chi connectivity index (χ0n) is 8.32. The van der Waals surface area contributed by atoms with E-state index in [0.29, 0.717) is 5.56 Å². The molecule has 82 valence electrons. The van der Waals surface area contributed by atoms with Crippen LogP contribution in [0.2, 0.25) is 0 Å². The Morgan fingerprint density at radius 2 is 1.69 bits per heavy atom. The van der Waals surface area contributed by atoms with Gasteiger partial charge >= 0.3 is 0 Å². The summed E-state index contributed by atoms with van der Waals surface area (Å²) < 4.78 is 26.2. The number of aromatic nitrogens is 1. The van der Waals surface area contributed by atoms with E-state index in [9.17, 15) is 8.78 Å². The van der Waals surface area contributed by atoms with Crippen LogP contribution in [0.4, 0.5) is 8.78 Å². The fraction of sp³-hybridized carbons (Fsp3) is 0.0833. The molecule has 0 bridgehead atoms. The summed E-state index contributed by atoms with van der Waals surface area (Å²) >= 11 is 0. The molecule has 0 spiro atoms. The summed E-state index contributed by atoms with van der Waals surface area (Å²) in [6.07, 6.45) is 0. The Morgan fingerprint density at radius 1 is 1.00 bits per heavy atom. The number of nitrogens with zero attached hydrogens (tertiary/aromatic N) is 1. The van der Waals surface area contributed by atoms with Gasteiger partial charge in [0.25, 0.3) is 0 Å². The maximum Gasteiger partial charge on any atom is 0.221 e. The van der Waals surface area contributed by atoms with Gasteiger partial charge in [-0.15, -0.1) is 0 Å². The van der Waals surface area contributed by atoms with Gasteiger partial charge in [0.15, 0.2) is 0 Å². The highest BCUT2D eigenvalue weighted by molar-refractivity contribution is 5.62. The summed E-state index contributed by atoms with van der Waals surface area (Å²) in [7, 11) is 0. The van der Waals surface area contributed by atoms with Crippen LogP contribution < -0.4 is 0 Å². The lowest BCUT2D eigenvalue weighted by atomic mass is 10.1. The second kappa shape index (κ2) is 4.37. The van der Waals surface area contributed by atoms with E-state index >= 15 is 0 Å². The quantitative estimate of drug-likeness (QED) is 0.790. The van der Waals surface area contributed by atoms with E-state index in [1.807, 2.05) is 0 Å². The molecule has 16 heavy (non-hydrogen) atoms. The Kier molecular flexibility index (Phi) is 2.92. The van der Waals surface area contributed by atoms with Crippen LogP contribution in [-0.2, 0) is 6.61 Å². The van der Waals surface area contributed by atoms with Gasteiger partial charge in [-0.05, 0) is 29.8 Å². The molecule has 1 N–H and O–H groups in total. The molecule has 2 rings (SSSR count). The van der Waals surface area contributed by atoms with Gasteiger partial charge in [0.05, 0.1) is 12.3 Å². The minimum absolute atomic E-state index is 0.267. The molecule has 0 atom stereocenters. The Labute approximate surface area is 91.2 Å². The Morgan fingerprint density at radius 3 is 2.25 bits per heavy atom. The average molecular weight is 221 g/mol. The third kappa shape index (κ3) is 2.06. The molecule has 4 heteroatoms. The van der Waals surface area contributed by atoms with Crippen LogP contribution in [-0.4, -0.2) is 10.1 Å². The van der Waals surface area contributed by atoms with E-state index in [4.69, 9.17) is 5.11 Å². The number of aliphatic hydroxyl groups is 1. The lowest BCUT2D eigenvalue weighted by molar-refractivity contribution is 0.275. The standard InChI is InChI=1S/C12H9F2NO/c13-9-3-1-8(2-4-9)11-6-5-10(7-16)15-12(11)14/h1-6,16H,7H2. The van der Waals surface area contributed by atoms with E-state index in [1.54, 1.807) is 0 Å². The molecule has 0 aliphatic carbocycles. The first kappa shape index (κ1) is 10.7. The topological polar surface area (TPSA) is 33.1 Å². The largest absolute Gasteiger partial charge is 0.390 e. The summed E-state index contributed by atoms with van der Waals surface area (Å²) in [5, 5.41) is 8.78. The van der Waals surface area contributed by atoms with Crippen molar-refractivity contribution in [3.63, 3.8) is 0 Å². The van der Waals surface area contributed by atoms with Gasteiger partial charge in [-0.1, -0.05) is 12.1 Å². The highest BCUT2D eigenvalue weighted by atomic mass is 19.1. The SMILES string of the molecule is OCc1ccc(-c2ccc(F)cc2)c(F)n1. The highest BCUT2D eigenvalue weighted by Gasteiger charge is 2.07. The normalized spacial score (nSPS) is 10.4. The fourth-order valence-electron chi connectivity index (χ4n) is 1.40. The molecule has 0 fully saturated rings. The maximum atomic E-state index is 13.5. The summed E-state index contributed by atoms with van der Waals surface area (Å²) in [5.41, 5.74) is 1.11. The van der Waals surface area contributed by atoms with E-state index in [0.717, 1.165) is 0 Å². The molecule has 0 aliphatic heterocycles. The average Bonchev–Trinajstić information content (AvgIpc) is 2.30. The second-order valence-electron chi connectivity index (χ2n) is 3.31. The van der Waals surface area contributed by atoms with Crippen molar-refractivity contribution in [1.82, 2.24) is 4.98 Å². The minimum atomic E-state index is -0.668. The van der Waals surface area contributed by atoms with Gasteiger partial charge in [0.2, 0.25) is 5.95 Å². The van der Waals surface area contributed by atoms with Crippen molar-refractivity contribution in [1.29, 1.82) is 0 Å². The van der Waals surface area contributed by atoms with Crippen LogP contribution in [0.1, 0.15) is 5.69 Å². The van der Waals surface area contributed by atoms with Gasteiger partial charge in [-0.2, -0.15) is 4.39 Å². The third-order valence-electron chi connectivity index (χ3n) is 2.22. The van der Waals surface area contributed by atoms with Crippen molar-refractivity contribution < 1.29 is 13.9 Å². The van der Waals surface area contributed by atoms with E-state index < -0.39 is 5.95 Å². The predicted molar refractivity (Wildman–Crippen MR) is 55.5 cm³/mol. The minimum Gasteiger partial charge on any atom is -0.390 e. The van der Waals surface area contributed by atoms with Crippen molar-refractivity contribution in [2.45, 2.75) is 6.61 Å². The van der Waals surface area contributed by atoms with E-state index in [1.165, 1.54) is 36.4 Å². The molecule has 1 aromatic heterocycles. The second-order valence-corrected chi connectivity index (χ2v) is 3.31. The van der Waals surface area contributed by atoms with Gasteiger partial charge in [0, 0.05) is 5.56 Å². The van der Waals surface area contributed by atoms with Crippen molar-refractivity contribution in [2.75, 3.05) is 0 Å². The molecule has 2 aromatic rings. The number of hydrogen-bond acceptors (Lipinski definition) is 2. The fourth-order valence-corrected chi connectivity index (χ4v) is 1.40. The molecule has 1 heterocycles. The smallest absolute Gasteiger partial charge is 0.221 e. The summed E-state index contributed by atoms with van der Waals surface area (Å²) in [5.74, 6) is -1.04. The molecule has 0 aliphatic rings. The number of halogens is 2. The van der Waals surface area contributed by atoms with Crippen LogP contribution in [0.3, 0.4) is 0 Å². The molecule has 0 amide bonds. The molecule has 2 nitrogen and oxygen atoms in total. The molecule has 0 unspecified atom stereocenters. The first-order valence-corrected chi connectivity index (χ1v) is 4.73. The van der Waals surface area contributed by atoms with Crippen LogP contribution >= 0.6 is 0 Å². The van der Waals surface area contributed by atoms with Crippen LogP contribution in [0, 0.1) is 11.8 Å². The lowest BCUT2D eigenvalue weighted by Gasteiger charge is -2.04. The first-order valence-electron chi connectivity index (χ1n) is 4.73. The van der Waals surface area contributed by atoms with Gasteiger partial charge in [-0.3, -0.25) is 0 Å². The molecule has 0 radical (unpaired) electrons. The van der Waals surface area contributed by atoms with Crippen molar-refractivity contribution >= 4 is 0 Å². The number of pyridine rings is 1. The Hall–Kier alpha value is -1.81. The van der Waals surface area contributed by atoms with Gasteiger partial charge in [-0.25, -0.2) is 9.37 Å². The maximum absolute atomic E-state index is 13.5. The first-order chi connectivity index (χ1) is 7.70. The molecule has 0 saturated heterocycles. The third-order valence-corrected chi connectivity index (χ3v) is 2.22. The lowest BCUT2D eigenvalue weighted by Crippen LogP contribution is -1.95. The van der Waals surface area contributed by atoms with Crippen LogP contribution in [0.15, 0.2) is 36.4 Å². The van der Waals surface area contributed by atoms with E-state index in [2.05, 4.69) is 4.98 Å².